The topological polar surface area (TPSA) is 120 Å². The first-order valence-corrected chi connectivity index (χ1v) is 14.9. The van der Waals surface area contributed by atoms with Crippen molar-refractivity contribution in [1.82, 2.24) is 24.5 Å². The molecule has 4 atom stereocenters. The zero-order valence-electron chi connectivity index (χ0n) is 25.0. The fourth-order valence-electron chi connectivity index (χ4n) is 6.95. The number of ether oxygens (including phenoxy) is 2. The quantitative estimate of drug-likeness (QED) is 0.291. The number of benzene rings is 1. The van der Waals surface area contributed by atoms with Crippen LogP contribution < -0.4 is 11.1 Å². The van der Waals surface area contributed by atoms with Gasteiger partial charge in [-0.25, -0.2) is 18.6 Å². The molecule has 10 nitrogen and oxygen atoms in total. The monoisotopic (exact) mass is 605 g/mol. The van der Waals surface area contributed by atoms with E-state index in [1.54, 1.807) is 42.7 Å². The number of fused-ring (bicyclic) bond motifs is 1. The molecule has 0 radical (unpaired) electrons. The second-order valence-electron chi connectivity index (χ2n) is 11.9. The first-order valence-electron chi connectivity index (χ1n) is 14.9. The van der Waals surface area contributed by atoms with Gasteiger partial charge in [0.25, 0.3) is 0 Å². The summed E-state index contributed by atoms with van der Waals surface area (Å²) in [5.41, 5.74) is 9.64. The number of imidazole rings is 1. The molecule has 12 heteroatoms. The van der Waals surface area contributed by atoms with Crippen LogP contribution in [0.4, 0.5) is 25.2 Å². The lowest BCUT2D eigenvalue weighted by molar-refractivity contribution is 0.0778. The number of likely N-dealkylation sites (N-methyl/N-ethyl adjacent to an activating group) is 1. The van der Waals surface area contributed by atoms with E-state index in [4.69, 9.17) is 15.2 Å². The van der Waals surface area contributed by atoms with E-state index in [0.29, 0.717) is 36.7 Å². The summed E-state index contributed by atoms with van der Waals surface area (Å²) in [6.45, 7) is 3.26. The van der Waals surface area contributed by atoms with Crippen LogP contribution in [-0.2, 0) is 9.47 Å². The van der Waals surface area contributed by atoms with Gasteiger partial charge in [0.15, 0.2) is 0 Å². The Morgan fingerprint density at radius 2 is 1.86 bits per heavy atom. The maximum Gasteiger partial charge on any atom is 0.409 e. The van der Waals surface area contributed by atoms with Gasteiger partial charge in [-0.15, -0.1) is 0 Å². The standard InChI is InChI=1S/C32H37F2N7O3/c1-18-12-21(15-26(35)30(18)40(2)32(42)43-3)23-6-9-36-17-28(23)38-31-37-16-22-4-5-27(39-41(22)31)29-24(33)13-20(14-25(29)34)19-7-10-44-11-8-19/h4-6,9,13-14,16-19,21,26,30H,7-8,10-12,15,35H2,1-3H3,(H,37,38). The van der Waals surface area contributed by atoms with Gasteiger partial charge in [-0.3, -0.25) is 4.98 Å². The number of hydrogen-bond acceptors (Lipinski definition) is 8. The fourth-order valence-corrected chi connectivity index (χ4v) is 6.95. The molecule has 4 unspecified atom stereocenters. The number of carbonyl (C=O) groups is 1. The predicted octanol–water partition coefficient (Wildman–Crippen LogP) is 5.61. The SMILES string of the molecule is COC(=O)N(C)C1C(C)CC(c2ccncc2Nc2ncc3ccc(-c4c(F)cc(C5CCOCC5)cc4F)nn23)CC1N. The van der Waals surface area contributed by atoms with Crippen molar-refractivity contribution in [3.63, 3.8) is 0 Å². The highest BCUT2D eigenvalue weighted by Crippen LogP contribution is 2.41. The van der Waals surface area contributed by atoms with Crippen molar-refractivity contribution in [2.45, 2.75) is 56.5 Å². The van der Waals surface area contributed by atoms with Crippen LogP contribution in [0.25, 0.3) is 16.8 Å². The summed E-state index contributed by atoms with van der Waals surface area (Å²) < 4.78 is 42.6. The number of rotatable bonds is 6. The Hall–Kier alpha value is -4.16. The van der Waals surface area contributed by atoms with Gasteiger partial charge in [0.05, 0.1) is 48.0 Å². The van der Waals surface area contributed by atoms with Gasteiger partial charge in [-0.1, -0.05) is 6.92 Å². The third kappa shape index (κ3) is 5.71. The summed E-state index contributed by atoms with van der Waals surface area (Å²) in [6, 6.07) is 7.71. The Kier molecular flexibility index (Phi) is 8.46. The third-order valence-electron chi connectivity index (χ3n) is 9.08. The van der Waals surface area contributed by atoms with E-state index in [-0.39, 0.29) is 41.1 Å². The first kappa shape index (κ1) is 29.9. The Balaban J connectivity index is 1.27. The van der Waals surface area contributed by atoms with Gasteiger partial charge in [-0.05, 0) is 84.9 Å². The molecule has 6 rings (SSSR count). The molecule has 0 bridgehead atoms. The number of pyridine rings is 1. The summed E-state index contributed by atoms with van der Waals surface area (Å²) in [6.07, 6.45) is 7.61. The van der Waals surface area contributed by atoms with Crippen molar-refractivity contribution in [1.29, 1.82) is 0 Å². The number of amides is 1. The lowest BCUT2D eigenvalue weighted by Gasteiger charge is -2.43. The zero-order chi connectivity index (χ0) is 31.0. The molecule has 3 N–H and O–H groups in total. The number of nitrogens with two attached hydrogens (primary N) is 1. The van der Waals surface area contributed by atoms with Gasteiger partial charge in [-0.2, -0.15) is 9.61 Å². The molecule has 3 aromatic heterocycles. The molecule has 44 heavy (non-hydrogen) atoms. The molecule has 4 aromatic rings. The van der Waals surface area contributed by atoms with Crippen LogP contribution in [-0.4, -0.2) is 70.0 Å². The highest BCUT2D eigenvalue weighted by Gasteiger charge is 2.39. The van der Waals surface area contributed by atoms with E-state index in [1.807, 2.05) is 6.07 Å². The largest absolute Gasteiger partial charge is 0.453 e. The molecule has 1 aromatic carbocycles. The van der Waals surface area contributed by atoms with Gasteiger partial charge in [0, 0.05) is 32.5 Å². The average Bonchev–Trinajstić information content (AvgIpc) is 3.42. The lowest BCUT2D eigenvalue weighted by atomic mass is 9.73. The lowest BCUT2D eigenvalue weighted by Crippen LogP contribution is -2.55. The van der Waals surface area contributed by atoms with E-state index >= 15 is 8.78 Å². The van der Waals surface area contributed by atoms with Gasteiger partial charge < -0.3 is 25.4 Å². The minimum absolute atomic E-state index is 0.0664. The van der Waals surface area contributed by atoms with Crippen LogP contribution in [0.15, 0.2) is 48.9 Å². The highest BCUT2D eigenvalue weighted by atomic mass is 19.1. The second kappa shape index (κ2) is 12.4. The van der Waals surface area contributed by atoms with Crippen LogP contribution in [0, 0.1) is 17.6 Å². The molecule has 1 saturated carbocycles. The van der Waals surface area contributed by atoms with Gasteiger partial charge in [0.2, 0.25) is 5.95 Å². The average molecular weight is 606 g/mol. The molecular formula is C32H37F2N7O3. The number of aromatic nitrogens is 4. The van der Waals surface area contributed by atoms with E-state index < -0.39 is 17.7 Å². The Bertz CT molecular complexity index is 1620. The van der Waals surface area contributed by atoms with Crippen LogP contribution in [0.1, 0.15) is 55.6 Å². The van der Waals surface area contributed by atoms with E-state index in [1.165, 1.54) is 23.8 Å². The summed E-state index contributed by atoms with van der Waals surface area (Å²) >= 11 is 0. The van der Waals surface area contributed by atoms with Gasteiger partial charge >= 0.3 is 6.09 Å². The summed E-state index contributed by atoms with van der Waals surface area (Å²) in [7, 11) is 3.08. The normalized spacial score (nSPS) is 22.6. The maximum atomic E-state index is 15.4. The first-order chi connectivity index (χ1) is 21.2. The molecule has 0 spiro atoms. The summed E-state index contributed by atoms with van der Waals surface area (Å²) in [4.78, 5) is 22.6. The molecule has 1 aliphatic carbocycles. The number of carbonyl (C=O) groups excluding carboxylic acids is 1. The molecule has 2 aliphatic rings. The van der Waals surface area contributed by atoms with Crippen LogP contribution in [0.3, 0.4) is 0 Å². The van der Waals surface area contributed by atoms with Crippen molar-refractivity contribution in [2.24, 2.45) is 11.7 Å². The highest BCUT2D eigenvalue weighted by molar-refractivity contribution is 5.68. The predicted molar refractivity (Wildman–Crippen MR) is 162 cm³/mol. The molecule has 232 valence electrons. The number of hydrogen-bond donors (Lipinski definition) is 2. The van der Waals surface area contributed by atoms with Crippen molar-refractivity contribution in [3.8, 4) is 11.3 Å². The van der Waals surface area contributed by atoms with Crippen LogP contribution in [0.2, 0.25) is 0 Å². The molecule has 4 heterocycles. The molecule has 1 saturated heterocycles. The minimum Gasteiger partial charge on any atom is -0.453 e. The van der Waals surface area contributed by atoms with Crippen molar-refractivity contribution in [2.75, 3.05) is 32.7 Å². The number of anilines is 2. The second-order valence-corrected chi connectivity index (χ2v) is 11.9. The molecular weight excluding hydrogens is 568 g/mol. The van der Waals surface area contributed by atoms with Gasteiger partial charge in [0.1, 0.15) is 11.6 Å². The third-order valence-corrected chi connectivity index (χ3v) is 9.08. The number of nitrogens with one attached hydrogen (secondary N) is 1. The maximum absolute atomic E-state index is 15.4. The number of methoxy groups -OCH3 is 1. The Morgan fingerprint density at radius 3 is 2.57 bits per heavy atom. The zero-order valence-corrected chi connectivity index (χ0v) is 25.0. The van der Waals surface area contributed by atoms with E-state index in [2.05, 4.69) is 27.3 Å². The van der Waals surface area contributed by atoms with Crippen LogP contribution >= 0.6 is 0 Å². The molecule has 2 fully saturated rings. The van der Waals surface area contributed by atoms with E-state index in [9.17, 15) is 4.79 Å². The van der Waals surface area contributed by atoms with Crippen molar-refractivity contribution >= 4 is 23.2 Å². The fraction of sp³-hybridized carbons (Fsp3) is 0.438. The van der Waals surface area contributed by atoms with Crippen molar-refractivity contribution in [3.05, 3.63) is 71.7 Å². The Labute approximate surface area is 254 Å². The van der Waals surface area contributed by atoms with Crippen molar-refractivity contribution < 1.29 is 23.0 Å². The minimum atomic E-state index is -0.651. The smallest absolute Gasteiger partial charge is 0.409 e. The summed E-state index contributed by atoms with van der Waals surface area (Å²) in [5.74, 6) is -0.639. The number of halogens is 2. The van der Waals surface area contributed by atoms with E-state index in [0.717, 1.165) is 30.5 Å². The Morgan fingerprint density at radius 1 is 1.11 bits per heavy atom. The molecule has 1 aliphatic heterocycles. The summed E-state index contributed by atoms with van der Waals surface area (Å²) in [5, 5.41) is 7.93. The van der Waals surface area contributed by atoms with Crippen LogP contribution in [0.5, 0.6) is 0 Å². The number of nitrogens with zero attached hydrogens (tertiary/aromatic N) is 5. The molecule has 1 amide bonds.